The van der Waals surface area contributed by atoms with Crippen molar-refractivity contribution in [3.05, 3.63) is 68.7 Å². The average molecular weight is 539 g/mol. The number of nitrogens with one attached hydrogen (secondary N) is 1. The van der Waals surface area contributed by atoms with Gasteiger partial charge in [-0.25, -0.2) is 8.42 Å². The van der Waals surface area contributed by atoms with Gasteiger partial charge in [0.15, 0.2) is 0 Å². The van der Waals surface area contributed by atoms with Crippen LogP contribution in [0.4, 0.5) is 11.4 Å². The summed E-state index contributed by atoms with van der Waals surface area (Å²) in [5.74, 6) is -1.09. The van der Waals surface area contributed by atoms with Gasteiger partial charge < -0.3 is 10.2 Å². The summed E-state index contributed by atoms with van der Waals surface area (Å²) in [7, 11) is -4.02. The number of hydrogen-bond acceptors (Lipinski definition) is 6. The number of amides is 2. The van der Waals surface area contributed by atoms with Gasteiger partial charge in [-0.1, -0.05) is 29.8 Å². The van der Waals surface area contributed by atoms with Crippen LogP contribution < -0.4 is 9.62 Å². The van der Waals surface area contributed by atoms with Crippen LogP contribution in [-0.2, 0) is 26.2 Å². The zero-order valence-corrected chi connectivity index (χ0v) is 22.7. The third-order valence-corrected chi connectivity index (χ3v) is 6.62. The lowest BCUT2D eigenvalue weighted by Crippen LogP contribution is -2.54. The summed E-state index contributed by atoms with van der Waals surface area (Å²) in [6.45, 7) is 7.88. The largest absolute Gasteiger partial charge is 0.350 e. The molecule has 0 heterocycles. The Balaban J connectivity index is 2.50. The Kier molecular flexibility index (Phi) is 9.08. The number of nitro groups is 1. The van der Waals surface area contributed by atoms with Gasteiger partial charge in [0.1, 0.15) is 12.6 Å². The number of non-ortho nitro benzene ring substituents is 1. The van der Waals surface area contributed by atoms with Crippen molar-refractivity contribution < 1.29 is 22.9 Å². The molecular weight excluding hydrogens is 508 g/mol. The molecule has 0 aliphatic carbocycles. The summed E-state index contributed by atoms with van der Waals surface area (Å²) in [5, 5.41) is 14.6. The third-order valence-electron chi connectivity index (χ3n) is 5.26. The average Bonchev–Trinajstić information content (AvgIpc) is 2.73. The Morgan fingerprint density at radius 3 is 2.33 bits per heavy atom. The molecule has 0 aromatic heterocycles. The predicted molar refractivity (Wildman–Crippen MR) is 139 cm³/mol. The van der Waals surface area contributed by atoms with E-state index in [1.165, 1.54) is 17.0 Å². The van der Waals surface area contributed by atoms with Crippen molar-refractivity contribution in [3.8, 4) is 0 Å². The van der Waals surface area contributed by atoms with Gasteiger partial charge in [0.2, 0.25) is 21.8 Å². The molecule has 0 saturated carbocycles. The van der Waals surface area contributed by atoms with Crippen LogP contribution in [0.1, 0.15) is 38.8 Å². The third kappa shape index (κ3) is 7.92. The lowest BCUT2D eigenvalue weighted by molar-refractivity contribution is -0.384. The number of benzene rings is 2. The summed E-state index contributed by atoms with van der Waals surface area (Å²) in [5.41, 5.74) is 0.206. The van der Waals surface area contributed by atoms with Gasteiger partial charge in [0.05, 0.1) is 16.9 Å². The molecule has 2 rings (SSSR count). The Bertz CT molecular complexity index is 1260. The van der Waals surface area contributed by atoms with Crippen LogP contribution in [0.2, 0.25) is 5.02 Å². The second-order valence-corrected chi connectivity index (χ2v) is 11.9. The maximum atomic E-state index is 13.6. The summed E-state index contributed by atoms with van der Waals surface area (Å²) in [6.07, 6.45) is 0.912. The molecular formula is C24H31ClN4O6S. The minimum absolute atomic E-state index is 0.00884. The lowest BCUT2D eigenvalue weighted by atomic mass is 10.1. The Labute approximate surface area is 216 Å². The molecule has 0 saturated heterocycles. The number of halogens is 1. The van der Waals surface area contributed by atoms with Crippen LogP contribution in [0.5, 0.6) is 0 Å². The minimum atomic E-state index is -4.02. The molecule has 2 aromatic carbocycles. The first-order valence-electron chi connectivity index (χ1n) is 11.1. The Morgan fingerprint density at radius 2 is 1.81 bits per heavy atom. The minimum Gasteiger partial charge on any atom is -0.350 e. The van der Waals surface area contributed by atoms with Crippen molar-refractivity contribution in [2.75, 3.05) is 17.1 Å². The first-order chi connectivity index (χ1) is 16.5. The summed E-state index contributed by atoms with van der Waals surface area (Å²) < 4.78 is 26.2. The van der Waals surface area contributed by atoms with E-state index in [9.17, 15) is 28.1 Å². The molecule has 10 nitrogen and oxygen atoms in total. The lowest BCUT2D eigenvalue weighted by Gasteiger charge is -2.33. The van der Waals surface area contributed by atoms with Crippen molar-refractivity contribution in [1.29, 1.82) is 0 Å². The van der Waals surface area contributed by atoms with Gasteiger partial charge >= 0.3 is 0 Å². The highest BCUT2D eigenvalue weighted by molar-refractivity contribution is 7.92. The SMILES string of the molecule is Cc1ccc([N+](=O)[O-])cc1N(CC(=O)N(Cc1cccc(Cl)c1)[C@H](C)C(=O)NC(C)(C)C)S(C)(=O)=O. The summed E-state index contributed by atoms with van der Waals surface area (Å²) in [6, 6.07) is 9.59. The first-order valence-corrected chi connectivity index (χ1v) is 13.3. The number of sulfonamides is 1. The molecule has 0 bridgehead atoms. The number of hydrogen-bond donors (Lipinski definition) is 1. The number of aryl methyl sites for hydroxylation is 1. The van der Waals surface area contributed by atoms with Gasteiger partial charge in [0, 0.05) is 29.2 Å². The first kappa shape index (κ1) is 29.1. The van der Waals surface area contributed by atoms with E-state index in [0.29, 0.717) is 16.1 Å². The number of anilines is 1. The van der Waals surface area contributed by atoms with Crippen LogP contribution in [0.3, 0.4) is 0 Å². The smallest absolute Gasteiger partial charge is 0.271 e. The zero-order chi connectivity index (χ0) is 27.4. The van der Waals surface area contributed by atoms with Crippen LogP contribution >= 0.6 is 11.6 Å². The molecule has 2 aromatic rings. The summed E-state index contributed by atoms with van der Waals surface area (Å²) in [4.78, 5) is 38.4. The number of nitrogens with zero attached hydrogens (tertiary/aromatic N) is 3. The van der Waals surface area contributed by atoms with Crippen LogP contribution in [0, 0.1) is 17.0 Å². The van der Waals surface area contributed by atoms with Crippen molar-refractivity contribution in [2.24, 2.45) is 0 Å². The molecule has 36 heavy (non-hydrogen) atoms. The highest BCUT2D eigenvalue weighted by Crippen LogP contribution is 2.28. The number of carbonyl (C=O) groups is 2. The van der Waals surface area contributed by atoms with Gasteiger partial charge in [-0.05, 0) is 57.9 Å². The second-order valence-electron chi connectivity index (χ2n) is 9.56. The van der Waals surface area contributed by atoms with Gasteiger partial charge in [-0.3, -0.25) is 24.0 Å². The molecule has 196 valence electrons. The van der Waals surface area contributed by atoms with E-state index in [0.717, 1.165) is 16.6 Å². The number of rotatable bonds is 9. The van der Waals surface area contributed by atoms with Crippen LogP contribution in [0.15, 0.2) is 42.5 Å². The van der Waals surface area contributed by atoms with Crippen molar-refractivity contribution >= 4 is 44.8 Å². The number of carbonyl (C=O) groups excluding carboxylic acids is 2. The fourth-order valence-corrected chi connectivity index (χ4v) is 4.58. The molecule has 0 fully saturated rings. The Morgan fingerprint density at radius 1 is 1.17 bits per heavy atom. The highest BCUT2D eigenvalue weighted by atomic mass is 35.5. The van der Waals surface area contributed by atoms with Crippen molar-refractivity contribution in [1.82, 2.24) is 10.2 Å². The van der Waals surface area contributed by atoms with Crippen molar-refractivity contribution in [3.63, 3.8) is 0 Å². The molecule has 0 unspecified atom stereocenters. The zero-order valence-electron chi connectivity index (χ0n) is 21.1. The molecule has 0 aliphatic rings. The monoisotopic (exact) mass is 538 g/mol. The second kappa shape index (κ2) is 11.3. The van der Waals surface area contributed by atoms with Crippen LogP contribution in [0.25, 0.3) is 0 Å². The Hall–Kier alpha value is -3.18. The quantitative estimate of drug-likeness (QED) is 0.383. The highest BCUT2D eigenvalue weighted by Gasteiger charge is 2.32. The molecule has 1 N–H and O–H groups in total. The number of nitro benzene ring substituents is 1. The van der Waals surface area contributed by atoms with E-state index in [1.807, 2.05) is 0 Å². The van der Waals surface area contributed by atoms with Gasteiger partial charge in [0.25, 0.3) is 5.69 Å². The van der Waals surface area contributed by atoms with Crippen molar-refractivity contribution in [2.45, 2.75) is 52.7 Å². The van der Waals surface area contributed by atoms with E-state index in [4.69, 9.17) is 11.6 Å². The summed E-state index contributed by atoms with van der Waals surface area (Å²) >= 11 is 6.09. The van der Waals surface area contributed by atoms with E-state index in [-0.39, 0.29) is 17.9 Å². The fourth-order valence-electron chi connectivity index (χ4n) is 3.46. The molecule has 2 amide bonds. The van der Waals surface area contributed by atoms with Gasteiger partial charge in [-0.2, -0.15) is 0 Å². The topological polar surface area (TPSA) is 130 Å². The molecule has 0 radical (unpaired) electrons. The van der Waals surface area contributed by atoms with E-state index in [1.54, 1.807) is 58.9 Å². The maximum Gasteiger partial charge on any atom is 0.271 e. The molecule has 1 atom stereocenters. The van der Waals surface area contributed by atoms with E-state index in [2.05, 4.69) is 5.32 Å². The fraction of sp³-hybridized carbons (Fsp3) is 0.417. The maximum absolute atomic E-state index is 13.6. The van der Waals surface area contributed by atoms with E-state index < -0.39 is 44.9 Å². The molecule has 0 aliphatic heterocycles. The predicted octanol–water partition coefficient (Wildman–Crippen LogP) is 3.65. The van der Waals surface area contributed by atoms with E-state index >= 15 is 0 Å². The normalized spacial score (nSPS) is 12.5. The van der Waals surface area contributed by atoms with Gasteiger partial charge in [-0.15, -0.1) is 0 Å². The standard InChI is InChI=1S/C24H31ClN4O6S/c1-16-10-11-20(29(32)33)13-21(16)28(36(6,34)35)15-22(30)27(14-18-8-7-9-19(25)12-18)17(2)23(31)26-24(3,4)5/h7-13,17H,14-15H2,1-6H3,(H,26,31)/t17-/m1/s1. The molecule has 12 heteroatoms. The van der Waals surface area contributed by atoms with Crippen LogP contribution in [-0.4, -0.2) is 54.4 Å². The molecule has 0 spiro atoms.